The van der Waals surface area contributed by atoms with Crippen LogP contribution in [0.2, 0.25) is 0 Å². The van der Waals surface area contributed by atoms with Crippen LogP contribution in [0.4, 0.5) is 0 Å². The third-order valence-corrected chi connectivity index (χ3v) is 4.45. The van der Waals surface area contributed by atoms with Crippen LogP contribution >= 0.6 is 11.8 Å². The molecule has 1 heterocycles. The second-order valence-corrected chi connectivity index (χ2v) is 6.14. The Morgan fingerprint density at radius 2 is 1.89 bits per heavy atom. The predicted octanol–water partition coefficient (Wildman–Crippen LogP) is 3.14. The number of hydrogen-bond acceptors (Lipinski definition) is 4. The number of nitrogens with zero attached hydrogens (tertiary/aromatic N) is 2. The fourth-order valence-electron chi connectivity index (χ4n) is 1.80. The Bertz CT molecular complexity index is 426. The van der Waals surface area contributed by atoms with Gasteiger partial charge in [-0.2, -0.15) is 11.8 Å². The summed E-state index contributed by atoms with van der Waals surface area (Å²) >= 11 is 1.85. The first-order valence-corrected chi connectivity index (χ1v) is 7.65. The molecule has 4 nitrogen and oxygen atoms in total. The fourth-order valence-corrected chi connectivity index (χ4v) is 2.60. The van der Waals surface area contributed by atoms with Crippen molar-refractivity contribution in [2.24, 2.45) is 0 Å². The number of hydrogen-bond donors (Lipinski definition) is 1. The molecule has 0 radical (unpaired) electrons. The van der Waals surface area contributed by atoms with Gasteiger partial charge in [0, 0.05) is 23.1 Å². The van der Waals surface area contributed by atoms with Gasteiger partial charge in [0.25, 0.3) is 0 Å². The maximum absolute atomic E-state index is 10.6. The first-order chi connectivity index (χ1) is 8.93. The number of rotatable bonds is 7. The summed E-state index contributed by atoms with van der Waals surface area (Å²) in [7, 11) is 0. The Balaban J connectivity index is 2.75. The Labute approximate surface area is 119 Å². The molecule has 1 aromatic heterocycles. The lowest BCUT2D eigenvalue weighted by Gasteiger charge is -2.11. The molecule has 0 aromatic carbocycles. The quantitative estimate of drug-likeness (QED) is 0.832. The molecular formula is C14H22N2O2S. The van der Waals surface area contributed by atoms with Crippen LogP contribution in [-0.4, -0.2) is 26.3 Å². The summed E-state index contributed by atoms with van der Waals surface area (Å²) in [5, 5.41) is 9.35. The van der Waals surface area contributed by atoms with Gasteiger partial charge in [-0.3, -0.25) is 4.79 Å². The summed E-state index contributed by atoms with van der Waals surface area (Å²) in [5.74, 6) is 0.880. The van der Waals surface area contributed by atoms with Gasteiger partial charge in [0.2, 0.25) is 0 Å². The highest BCUT2D eigenvalue weighted by atomic mass is 32.2. The first-order valence-electron chi connectivity index (χ1n) is 6.60. The monoisotopic (exact) mass is 282 g/mol. The number of thioether (sulfide) groups is 1. The third-order valence-electron chi connectivity index (χ3n) is 3.13. The number of aryl methyl sites for hydroxylation is 2. The largest absolute Gasteiger partial charge is 0.481 e. The first kappa shape index (κ1) is 16.0. The van der Waals surface area contributed by atoms with E-state index in [0.29, 0.717) is 11.7 Å². The molecular weight excluding hydrogens is 260 g/mol. The number of carbonyl (C=O) groups is 1. The minimum Gasteiger partial charge on any atom is -0.481 e. The second-order valence-electron chi connectivity index (χ2n) is 4.71. The molecule has 0 saturated heterocycles. The van der Waals surface area contributed by atoms with E-state index in [4.69, 9.17) is 5.11 Å². The third kappa shape index (κ3) is 5.19. The molecule has 0 aliphatic carbocycles. The summed E-state index contributed by atoms with van der Waals surface area (Å²) in [5.41, 5.74) is 2.79. The van der Waals surface area contributed by atoms with Crippen LogP contribution in [0, 0.1) is 13.8 Å². The molecule has 1 atom stereocenters. The van der Waals surface area contributed by atoms with Crippen LogP contribution in [0.5, 0.6) is 0 Å². The zero-order valence-corrected chi connectivity index (χ0v) is 12.9. The molecule has 19 heavy (non-hydrogen) atoms. The van der Waals surface area contributed by atoms with Gasteiger partial charge in [-0.15, -0.1) is 0 Å². The Hall–Kier alpha value is -1.10. The minimum absolute atomic E-state index is 0.131. The maximum Gasteiger partial charge on any atom is 0.303 e. The summed E-state index contributed by atoms with van der Waals surface area (Å²) in [6, 6.07) is 0. The maximum atomic E-state index is 10.6. The van der Waals surface area contributed by atoms with Gasteiger partial charge in [-0.1, -0.05) is 13.8 Å². The van der Waals surface area contributed by atoms with Crippen LogP contribution in [0.3, 0.4) is 0 Å². The lowest BCUT2D eigenvalue weighted by atomic mass is 10.1. The van der Waals surface area contributed by atoms with Gasteiger partial charge in [0.1, 0.15) is 5.82 Å². The fraction of sp³-hybridized carbons (Fsp3) is 0.643. The van der Waals surface area contributed by atoms with E-state index in [1.165, 1.54) is 0 Å². The number of carboxylic acids is 1. The zero-order chi connectivity index (χ0) is 14.4. The summed E-state index contributed by atoms with van der Waals surface area (Å²) in [6.45, 7) is 8.24. The van der Waals surface area contributed by atoms with E-state index in [1.54, 1.807) is 0 Å². The van der Waals surface area contributed by atoms with Gasteiger partial charge < -0.3 is 5.11 Å². The van der Waals surface area contributed by atoms with Gasteiger partial charge in [-0.05, 0) is 32.3 Å². The summed E-state index contributed by atoms with van der Waals surface area (Å²) in [6.07, 6.45) is 1.77. The van der Waals surface area contributed by atoms with Crippen molar-refractivity contribution >= 4 is 17.7 Å². The minimum atomic E-state index is -0.782. The van der Waals surface area contributed by atoms with Crippen molar-refractivity contribution < 1.29 is 9.90 Å². The van der Waals surface area contributed by atoms with Crippen LogP contribution in [0.25, 0.3) is 0 Å². The van der Waals surface area contributed by atoms with E-state index in [9.17, 15) is 4.79 Å². The Morgan fingerprint density at radius 1 is 1.32 bits per heavy atom. The molecule has 0 aliphatic heterocycles. The molecule has 106 valence electrons. The van der Waals surface area contributed by atoms with Gasteiger partial charge in [0.05, 0.1) is 5.75 Å². The molecule has 0 aliphatic rings. The molecule has 0 fully saturated rings. The van der Waals surface area contributed by atoms with E-state index in [-0.39, 0.29) is 6.42 Å². The van der Waals surface area contributed by atoms with E-state index in [2.05, 4.69) is 23.8 Å². The summed E-state index contributed by atoms with van der Waals surface area (Å²) in [4.78, 5) is 19.6. The van der Waals surface area contributed by atoms with Crippen molar-refractivity contribution in [1.82, 2.24) is 9.97 Å². The van der Waals surface area contributed by atoms with Gasteiger partial charge in [0.15, 0.2) is 0 Å². The van der Waals surface area contributed by atoms with E-state index in [0.717, 1.165) is 34.9 Å². The summed E-state index contributed by atoms with van der Waals surface area (Å²) < 4.78 is 0. The van der Waals surface area contributed by atoms with Crippen LogP contribution in [-0.2, 0) is 17.0 Å². The highest BCUT2D eigenvalue weighted by molar-refractivity contribution is 7.99. The molecule has 5 heteroatoms. The zero-order valence-electron chi connectivity index (χ0n) is 12.1. The van der Waals surface area contributed by atoms with E-state index in [1.807, 2.05) is 25.6 Å². The standard InChI is InChI=1S/C14H22N2O2S/c1-5-9(2)19-8-13-15-10(3)12(11(4)16-13)6-7-14(17)18/h9H,5-8H2,1-4H3,(H,17,18). The highest BCUT2D eigenvalue weighted by Crippen LogP contribution is 2.20. The number of carboxylic acid groups (broad SMARTS) is 1. The SMILES string of the molecule is CCC(C)SCc1nc(C)c(CCC(=O)O)c(C)n1. The molecule has 0 bridgehead atoms. The Kier molecular flexibility index (Phi) is 6.28. The average molecular weight is 282 g/mol. The van der Waals surface area contributed by atoms with Crippen molar-refractivity contribution in [3.05, 3.63) is 22.8 Å². The molecule has 1 unspecified atom stereocenters. The van der Waals surface area contributed by atoms with E-state index >= 15 is 0 Å². The van der Waals surface area contributed by atoms with Crippen LogP contribution in [0.1, 0.15) is 49.5 Å². The highest BCUT2D eigenvalue weighted by Gasteiger charge is 2.11. The van der Waals surface area contributed by atoms with Crippen LogP contribution < -0.4 is 0 Å². The topological polar surface area (TPSA) is 63.1 Å². The smallest absolute Gasteiger partial charge is 0.303 e. The predicted molar refractivity (Wildman–Crippen MR) is 78.5 cm³/mol. The molecule has 0 saturated carbocycles. The lowest BCUT2D eigenvalue weighted by Crippen LogP contribution is -2.07. The second kappa shape index (κ2) is 7.48. The van der Waals surface area contributed by atoms with Crippen molar-refractivity contribution in [3.63, 3.8) is 0 Å². The molecule has 1 N–H and O–H groups in total. The van der Waals surface area contributed by atoms with E-state index < -0.39 is 5.97 Å². The molecule has 0 amide bonds. The molecule has 1 rings (SSSR count). The average Bonchev–Trinajstić information content (AvgIpc) is 2.34. The number of aliphatic carboxylic acids is 1. The normalized spacial score (nSPS) is 12.4. The molecule has 1 aromatic rings. The Morgan fingerprint density at radius 3 is 2.37 bits per heavy atom. The molecule has 0 spiro atoms. The van der Waals surface area contributed by atoms with Crippen molar-refractivity contribution in [2.75, 3.05) is 0 Å². The van der Waals surface area contributed by atoms with Crippen LogP contribution in [0.15, 0.2) is 0 Å². The number of aromatic nitrogens is 2. The van der Waals surface area contributed by atoms with Crippen molar-refractivity contribution in [2.45, 2.75) is 58.0 Å². The van der Waals surface area contributed by atoms with Gasteiger partial charge >= 0.3 is 5.97 Å². The lowest BCUT2D eigenvalue weighted by molar-refractivity contribution is -0.136. The van der Waals surface area contributed by atoms with Crippen molar-refractivity contribution in [3.8, 4) is 0 Å². The van der Waals surface area contributed by atoms with Crippen molar-refractivity contribution in [1.29, 1.82) is 0 Å². The van der Waals surface area contributed by atoms with Gasteiger partial charge in [-0.25, -0.2) is 9.97 Å².